The van der Waals surface area contributed by atoms with Crippen LogP contribution in [-0.2, 0) is 16.1 Å². The van der Waals surface area contributed by atoms with Gasteiger partial charge in [0, 0.05) is 26.2 Å². The molecule has 0 aromatic heterocycles. The molecule has 1 aliphatic heterocycles. The minimum Gasteiger partial charge on any atom is -0.374 e. The summed E-state index contributed by atoms with van der Waals surface area (Å²) in [6, 6.07) is 10.4. The smallest absolute Gasteiger partial charge is 0.240 e. The van der Waals surface area contributed by atoms with Crippen molar-refractivity contribution in [3.05, 3.63) is 35.9 Å². The van der Waals surface area contributed by atoms with E-state index in [2.05, 4.69) is 34.5 Å². The average molecular weight is 303 g/mol. The minimum atomic E-state index is -0.627. The maximum atomic E-state index is 12.1. The number of nitrogens with two attached hydrogens (primary N) is 1. The highest BCUT2D eigenvalue weighted by Gasteiger charge is 2.40. The van der Waals surface area contributed by atoms with Gasteiger partial charge in [-0.2, -0.15) is 0 Å². The van der Waals surface area contributed by atoms with Gasteiger partial charge in [-0.05, 0) is 24.8 Å². The maximum Gasteiger partial charge on any atom is 0.240 e. The van der Waals surface area contributed by atoms with Gasteiger partial charge >= 0.3 is 0 Å². The van der Waals surface area contributed by atoms with Crippen LogP contribution in [0.15, 0.2) is 30.3 Å². The van der Waals surface area contributed by atoms with Crippen molar-refractivity contribution < 1.29 is 9.53 Å². The molecule has 3 rings (SSSR count). The molecule has 0 radical (unpaired) electrons. The summed E-state index contributed by atoms with van der Waals surface area (Å²) in [5.41, 5.74) is 6.71. The van der Waals surface area contributed by atoms with Gasteiger partial charge in [0.2, 0.25) is 5.91 Å². The molecule has 2 fully saturated rings. The van der Waals surface area contributed by atoms with Gasteiger partial charge < -0.3 is 15.8 Å². The molecule has 1 unspecified atom stereocenters. The number of rotatable bonds is 5. The van der Waals surface area contributed by atoms with Gasteiger partial charge in [-0.3, -0.25) is 9.69 Å². The molecule has 2 aliphatic rings. The van der Waals surface area contributed by atoms with Crippen LogP contribution in [0.25, 0.3) is 0 Å². The van der Waals surface area contributed by atoms with E-state index in [0.29, 0.717) is 13.2 Å². The lowest BCUT2D eigenvalue weighted by Crippen LogP contribution is -2.60. The Hall–Kier alpha value is -1.43. The predicted octanol–water partition coefficient (Wildman–Crippen LogP) is 0.885. The summed E-state index contributed by atoms with van der Waals surface area (Å²) in [6.07, 6.45) is 2.69. The van der Waals surface area contributed by atoms with Crippen molar-refractivity contribution in [2.24, 2.45) is 5.73 Å². The van der Waals surface area contributed by atoms with E-state index < -0.39 is 5.54 Å². The lowest BCUT2D eigenvalue weighted by atomic mass is 9.77. The fourth-order valence-electron chi connectivity index (χ4n) is 3.06. The zero-order valence-corrected chi connectivity index (χ0v) is 13.0. The van der Waals surface area contributed by atoms with E-state index in [1.54, 1.807) is 0 Å². The molecule has 1 heterocycles. The van der Waals surface area contributed by atoms with Crippen molar-refractivity contribution >= 4 is 5.91 Å². The van der Waals surface area contributed by atoms with Crippen LogP contribution in [0.2, 0.25) is 0 Å². The van der Waals surface area contributed by atoms with E-state index >= 15 is 0 Å². The van der Waals surface area contributed by atoms with Gasteiger partial charge in [0.15, 0.2) is 0 Å². The fraction of sp³-hybridized carbons (Fsp3) is 0.588. The second kappa shape index (κ2) is 6.77. The highest BCUT2D eigenvalue weighted by Crippen LogP contribution is 2.29. The van der Waals surface area contributed by atoms with Crippen LogP contribution in [-0.4, -0.2) is 48.7 Å². The van der Waals surface area contributed by atoms with Crippen LogP contribution >= 0.6 is 0 Å². The second-order valence-electron chi connectivity index (χ2n) is 6.43. The average Bonchev–Trinajstić information content (AvgIpc) is 2.51. The Kier molecular flexibility index (Phi) is 4.76. The topological polar surface area (TPSA) is 67.6 Å². The van der Waals surface area contributed by atoms with Gasteiger partial charge in [-0.25, -0.2) is 0 Å². The van der Waals surface area contributed by atoms with Crippen LogP contribution < -0.4 is 11.1 Å². The van der Waals surface area contributed by atoms with Crippen LogP contribution in [0.4, 0.5) is 0 Å². The Morgan fingerprint density at radius 1 is 1.36 bits per heavy atom. The summed E-state index contributed by atoms with van der Waals surface area (Å²) in [4.78, 5) is 14.4. The Labute approximate surface area is 131 Å². The van der Waals surface area contributed by atoms with Crippen molar-refractivity contribution in [3.63, 3.8) is 0 Å². The van der Waals surface area contributed by atoms with Crippen LogP contribution in [0.1, 0.15) is 24.8 Å². The van der Waals surface area contributed by atoms with Crippen LogP contribution in [0.3, 0.4) is 0 Å². The van der Waals surface area contributed by atoms with Crippen LogP contribution in [0, 0.1) is 0 Å². The van der Waals surface area contributed by atoms with Crippen molar-refractivity contribution in [1.29, 1.82) is 0 Å². The number of hydrogen-bond acceptors (Lipinski definition) is 4. The van der Waals surface area contributed by atoms with Gasteiger partial charge in [0.1, 0.15) is 0 Å². The SMILES string of the molecule is NC1(C(=O)NCC2CN(Cc3ccccc3)CCO2)CCC1. The van der Waals surface area contributed by atoms with E-state index in [1.165, 1.54) is 5.56 Å². The van der Waals surface area contributed by atoms with Crippen molar-refractivity contribution in [2.45, 2.75) is 37.5 Å². The third-order valence-corrected chi connectivity index (χ3v) is 4.66. The standard InChI is InChI=1S/C17H25N3O2/c18-17(7-4-8-17)16(21)19-11-15-13-20(9-10-22-15)12-14-5-2-1-3-6-14/h1-3,5-6,15H,4,7-13,18H2,(H,19,21). The van der Waals surface area contributed by atoms with Crippen LogP contribution in [0.5, 0.6) is 0 Å². The lowest BCUT2D eigenvalue weighted by Gasteiger charge is -2.37. The van der Waals surface area contributed by atoms with E-state index in [-0.39, 0.29) is 12.0 Å². The molecular formula is C17H25N3O2. The molecule has 1 saturated carbocycles. The maximum absolute atomic E-state index is 12.1. The van der Waals surface area contributed by atoms with E-state index in [1.807, 2.05) is 6.07 Å². The summed E-state index contributed by atoms with van der Waals surface area (Å²) in [5, 5.41) is 2.96. The largest absolute Gasteiger partial charge is 0.374 e. The molecule has 3 N–H and O–H groups in total. The monoisotopic (exact) mass is 303 g/mol. The molecular weight excluding hydrogens is 278 g/mol. The molecule has 1 aliphatic carbocycles. The van der Waals surface area contributed by atoms with Crippen molar-refractivity contribution in [3.8, 4) is 0 Å². The molecule has 1 aromatic rings. The molecule has 22 heavy (non-hydrogen) atoms. The van der Waals surface area contributed by atoms with Gasteiger partial charge in [-0.1, -0.05) is 30.3 Å². The third kappa shape index (κ3) is 3.66. The lowest BCUT2D eigenvalue weighted by molar-refractivity contribution is -0.130. The van der Waals surface area contributed by atoms with Crippen molar-refractivity contribution in [2.75, 3.05) is 26.2 Å². The summed E-state index contributed by atoms with van der Waals surface area (Å²) in [6.45, 7) is 3.95. The van der Waals surface area contributed by atoms with E-state index in [4.69, 9.17) is 10.5 Å². The Morgan fingerprint density at radius 3 is 2.82 bits per heavy atom. The summed E-state index contributed by atoms with van der Waals surface area (Å²) in [7, 11) is 0. The number of morpholine rings is 1. The predicted molar refractivity (Wildman–Crippen MR) is 85.2 cm³/mol. The number of amides is 1. The summed E-state index contributed by atoms with van der Waals surface area (Å²) >= 11 is 0. The Morgan fingerprint density at radius 2 is 2.14 bits per heavy atom. The number of benzene rings is 1. The molecule has 1 atom stereocenters. The molecule has 1 aromatic carbocycles. The number of ether oxygens (including phenoxy) is 1. The molecule has 5 nitrogen and oxygen atoms in total. The van der Waals surface area contributed by atoms with Gasteiger partial charge in [-0.15, -0.1) is 0 Å². The molecule has 120 valence electrons. The summed E-state index contributed by atoms with van der Waals surface area (Å²) in [5.74, 6) is -0.0254. The van der Waals surface area contributed by atoms with E-state index in [0.717, 1.165) is 38.9 Å². The Balaban J connectivity index is 1.45. The molecule has 1 amide bonds. The first kappa shape index (κ1) is 15.5. The molecule has 0 spiro atoms. The number of nitrogens with zero attached hydrogens (tertiary/aromatic N) is 1. The first-order valence-corrected chi connectivity index (χ1v) is 8.11. The second-order valence-corrected chi connectivity index (χ2v) is 6.43. The molecule has 5 heteroatoms. The minimum absolute atomic E-state index is 0.0254. The first-order valence-electron chi connectivity index (χ1n) is 8.11. The number of nitrogens with one attached hydrogen (secondary N) is 1. The van der Waals surface area contributed by atoms with E-state index in [9.17, 15) is 4.79 Å². The zero-order chi connectivity index (χ0) is 15.4. The van der Waals surface area contributed by atoms with Crippen molar-refractivity contribution in [1.82, 2.24) is 10.2 Å². The quantitative estimate of drug-likeness (QED) is 0.847. The molecule has 1 saturated heterocycles. The number of hydrogen-bond donors (Lipinski definition) is 2. The van der Waals surface area contributed by atoms with Gasteiger partial charge in [0.25, 0.3) is 0 Å². The number of carbonyl (C=O) groups is 1. The number of carbonyl (C=O) groups excluding carboxylic acids is 1. The highest BCUT2D eigenvalue weighted by atomic mass is 16.5. The summed E-state index contributed by atoms with van der Waals surface area (Å²) < 4.78 is 5.76. The first-order chi connectivity index (χ1) is 10.7. The molecule has 0 bridgehead atoms. The Bertz CT molecular complexity index is 502. The van der Waals surface area contributed by atoms with Gasteiger partial charge in [0.05, 0.1) is 18.2 Å². The fourth-order valence-corrected chi connectivity index (χ4v) is 3.06. The normalized spacial score (nSPS) is 24.5. The zero-order valence-electron chi connectivity index (χ0n) is 13.0. The third-order valence-electron chi connectivity index (χ3n) is 4.66. The highest BCUT2D eigenvalue weighted by molar-refractivity contribution is 5.87.